The van der Waals surface area contributed by atoms with E-state index in [0.717, 1.165) is 18.9 Å². The maximum absolute atomic E-state index is 4.20. The van der Waals surface area contributed by atoms with E-state index in [1.54, 1.807) is 0 Å². The molecule has 0 bridgehead atoms. The molecule has 1 aliphatic heterocycles. The molecule has 0 aromatic carbocycles. The highest BCUT2D eigenvalue weighted by molar-refractivity contribution is 4.99. The fourth-order valence-electron chi connectivity index (χ4n) is 2.44. The molecule has 0 saturated carbocycles. The van der Waals surface area contributed by atoms with Crippen LogP contribution >= 0.6 is 0 Å². The molecule has 1 aromatic heterocycles. The number of aromatic amines is 1. The van der Waals surface area contributed by atoms with Gasteiger partial charge in [0.25, 0.3) is 0 Å². The van der Waals surface area contributed by atoms with Gasteiger partial charge in [-0.3, -0.25) is 0 Å². The zero-order chi connectivity index (χ0) is 12.1. The third-order valence-electron chi connectivity index (χ3n) is 3.38. The zero-order valence-corrected chi connectivity index (χ0v) is 11.0. The molecule has 4 nitrogen and oxygen atoms in total. The molecule has 0 aliphatic carbocycles. The molecule has 4 heteroatoms. The molecule has 1 fully saturated rings. The fourth-order valence-corrected chi connectivity index (χ4v) is 2.44. The summed E-state index contributed by atoms with van der Waals surface area (Å²) in [5.41, 5.74) is 1.17. The van der Waals surface area contributed by atoms with Crippen molar-refractivity contribution >= 4 is 0 Å². The first-order chi connectivity index (χ1) is 8.24. The van der Waals surface area contributed by atoms with Crippen LogP contribution in [-0.2, 0) is 6.54 Å². The Hall–Kier alpha value is -0.870. The van der Waals surface area contributed by atoms with Crippen molar-refractivity contribution in [3.05, 3.63) is 17.7 Å². The Morgan fingerprint density at radius 2 is 2.18 bits per heavy atom. The summed E-state index contributed by atoms with van der Waals surface area (Å²) in [6, 6.07) is 0.539. The molecule has 0 spiro atoms. The molecule has 1 unspecified atom stereocenters. The third-order valence-corrected chi connectivity index (χ3v) is 3.38. The molecule has 1 saturated heterocycles. The lowest BCUT2D eigenvalue weighted by atomic mass is 10.1. The first kappa shape index (κ1) is 12.6. The standard InChI is InChI=1S/C13H24N4/c1-11(10-17-6-4-3-5-7-17)14-8-13-9-15-12(2)16-13/h9,11,14H,3-8,10H2,1-2H3,(H,15,16). The quantitative estimate of drug-likeness (QED) is 0.817. The monoisotopic (exact) mass is 236 g/mol. The van der Waals surface area contributed by atoms with Crippen LogP contribution < -0.4 is 5.32 Å². The van der Waals surface area contributed by atoms with Crippen molar-refractivity contribution in [3.63, 3.8) is 0 Å². The van der Waals surface area contributed by atoms with E-state index >= 15 is 0 Å². The summed E-state index contributed by atoms with van der Waals surface area (Å²) in [6.45, 7) is 8.84. The first-order valence-corrected chi connectivity index (χ1v) is 6.70. The van der Waals surface area contributed by atoms with Crippen LogP contribution in [0.4, 0.5) is 0 Å². The summed E-state index contributed by atoms with van der Waals surface area (Å²) in [4.78, 5) is 10.0. The van der Waals surface area contributed by atoms with Gasteiger partial charge in [-0.2, -0.15) is 0 Å². The Morgan fingerprint density at radius 1 is 1.41 bits per heavy atom. The minimum atomic E-state index is 0.539. The van der Waals surface area contributed by atoms with Crippen LogP contribution in [0.15, 0.2) is 6.20 Å². The average molecular weight is 236 g/mol. The number of nitrogens with one attached hydrogen (secondary N) is 2. The number of piperidine rings is 1. The minimum Gasteiger partial charge on any atom is -0.345 e. The predicted octanol–water partition coefficient (Wildman–Crippen LogP) is 1.68. The van der Waals surface area contributed by atoms with E-state index in [1.165, 1.54) is 38.0 Å². The second-order valence-corrected chi connectivity index (χ2v) is 5.14. The number of hydrogen-bond acceptors (Lipinski definition) is 3. The van der Waals surface area contributed by atoms with Gasteiger partial charge in [0, 0.05) is 31.0 Å². The van der Waals surface area contributed by atoms with E-state index in [-0.39, 0.29) is 0 Å². The molecule has 0 radical (unpaired) electrons. The summed E-state index contributed by atoms with van der Waals surface area (Å²) in [5.74, 6) is 0.991. The third kappa shape index (κ3) is 4.13. The van der Waals surface area contributed by atoms with Gasteiger partial charge >= 0.3 is 0 Å². The van der Waals surface area contributed by atoms with Crippen molar-refractivity contribution in [2.75, 3.05) is 19.6 Å². The molecule has 2 heterocycles. The summed E-state index contributed by atoms with van der Waals surface area (Å²) < 4.78 is 0. The number of hydrogen-bond donors (Lipinski definition) is 2. The SMILES string of the molecule is Cc1ncc(CNC(C)CN2CCCCC2)[nH]1. The molecule has 0 amide bonds. The lowest BCUT2D eigenvalue weighted by Crippen LogP contribution is -2.41. The topological polar surface area (TPSA) is 44.0 Å². The number of aromatic nitrogens is 2. The average Bonchev–Trinajstić information content (AvgIpc) is 2.74. The van der Waals surface area contributed by atoms with Crippen LogP contribution in [0, 0.1) is 6.92 Å². The van der Waals surface area contributed by atoms with Crippen LogP contribution in [0.2, 0.25) is 0 Å². The molecule has 96 valence electrons. The number of H-pyrrole nitrogens is 1. The summed E-state index contributed by atoms with van der Waals surface area (Å²) >= 11 is 0. The second-order valence-electron chi connectivity index (χ2n) is 5.14. The Morgan fingerprint density at radius 3 is 2.82 bits per heavy atom. The van der Waals surface area contributed by atoms with E-state index in [0.29, 0.717) is 6.04 Å². The molecule has 1 aromatic rings. The van der Waals surface area contributed by atoms with Crippen LogP contribution in [-0.4, -0.2) is 40.5 Å². The van der Waals surface area contributed by atoms with Crippen LogP contribution in [0.3, 0.4) is 0 Å². The minimum absolute atomic E-state index is 0.539. The van der Waals surface area contributed by atoms with Gasteiger partial charge in [0.2, 0.25) is 0 Å². The maximum atomic E-state index is 4.20. The van der Waals surface area contributed by atoms with E-state index in [9.17, 15) is 0 Å². The highest BCUT2D eigenvalue weighted by Crippen LogP contribution is 2.08. The summed E-state index contributed by atoms with van der Waals surface area (Å²) in [5, 5.41) is 3.55. The van der Waals surface area contributed by atoms with Crippen LogP contribution in [0.25, 0.3) is 0 Å². The van der Waals surface area contributed by atoms with Gasteiger partial charge in [-0.25, -0.2) is 4.98 Å². The normalized spacial score (nSPS) is 19.4. The molecular formula is C13H24N4. The number of likely N-dealkylation sites (tertiary alicyclic amines) is 1. The highest BCUT2D eigenvalue weighted by Gasteiger charge is 2.13. The van der Waals surface area contributed by atoms with E-state index in [1.807, 2.05) is 13.1 Å². The highest BCUT2D eigenvalue weighted by atomic mass is 15.2. The molecule has 2 rings (SSSR count). The van der Waals surface area contributed by atoms with E-state index < -0.39 is 0 Å². The van der Waals surface area contributed by atoms with Gasteiger partial charge in [-0.1, -0.05) is 6.42 Å². The smallest absolute Gasteiger partial charge is 0.103 e. The zero-order valence-electron chi connectivity index (χ0n) is 11.0. The van der Waals surface area contributed by atoms with Gasteiger partial charge in [0.15, 0.2) is 0 Å². The molecule has 1 aliphatic rings. The predicted molar refractivity (Wildman–Crippen MR) is 69.9 cm³/mol. The molecule has 17 heavy (non-hydrogen) atoms. The Kier molecular flexibility index (Phi) is 4.57. The molecular weight excluding hydrogens is 212 g/mol. The van der Waals surface area contributed by atoms with Gasteiger partial charge in [0.1, 0.15) is 5.82 Å². The van der Waals surface area contributed by atoms with E-state index in [4.69, 9.17) is 0 Å². The van der Waals surface area contributed by atoms with Crippen molar-refractivity contribution in [1.29, 1.82) is 0 Å². The second kappa shape index (κ2) is 6.17. The lowest BCUT2D eigenvalue weighted by Gasteiger charge is -2.29. The van der Waals surface area contributed by atoms with Gasteiger partial charge in [-0.05, 0) is 39.8 Å². The Bertz CT molecular complexity index is 328. The summed E-state index contributed by atoms with van der Waals surface area (Å²) in [7, 11) is 0. The Balaban J connectivity index is 1.68. The summed E-state index contributed by atoms with van der Waals surface area (Å²) in [6.07, 6.45) is 6.06. The van der Waals surface area contributed by atoms with Gasteiger partial charge in [-0.15, -0.1) is 0 Å². The number of nitrogens with zero attached hydrogens (tertiary/aromatic N) is 2. The van der Waals surface area contributed by atoms with Crippen LogP contribution in [0.1, 0.15) is 37.7 Å². The lowest BCUT2D eigenvalue weighted by molar-refractivity contribution is 0.208. The first-order valence-electron chi connectivity index (χ1n) is 6.70. The van der Waals surface area contributed by atoms with Crippen molar-refractivity contribution < 1.29 is 0 Å². The van der Waals surface area contributed by atoms with Crippen LogP contribution in [0.5, 0.6) is 0 Å². The fraction of sp³-hybridized carbons (Fsp3) is 0.769. The molecule has 1 atom stereocenters. The van der Waals surface area contributed by atoms with Gasteiger partial charge < -0.3 is 15.2 Å². The number of rotatable bonds is 5. The van der Waals surface area contributed by atoms with Crippen molar-refractivity contribution in [2.45, 2.75) is 45.7 Å². The largest absolute Gasteiger partial charge is 0.345 e. The number of imidazole rings is 1. The van der Waals surface area contributed by atoms with Crippen molar-refractivity contribution in [3.8, 4) is 0 Å². The maximum Gasteiger partial charge on any atom is 0.103 e. The van der Waals surface area contributed by atoms with Crippen molar-refractivity contribution in [1.82, 2.24) is 20.2 Å². The van der Waals surface area contributed by atoms with Gasteiger partial charge in [0.05, 0.1) is 0 Å². The Labute approximate surface area is 104 Å². The number of aryl methyl sites for hydroxylation is 1. The van der Waals surface area contributed by atoms with Crippen molar-refractivity contribution in [2.24, 2.45) is 0 Å². The molecule has 2 N–H and O–H groups in total. The van der Waals surface area contributed by atoms with E-state index in [2.05, 4.69) is 27.1 Å².